The molecule has 0 saturated carbocycles. The molecule has 10 nitrogen and oxygen atoms in total. The van der Waals surface area contributed by atoms with Crippen molar-refractivity contribution in [3.05, 3.63) is 54.2 Å². The Morgan fingerprint density at radius 2 is 1.91 bits per heavy atom. The van der Waals surface area contributed by atoms with E-state index in [0.29, 0.717) is 28.8 Å². The number of hydrogen-bond donors (Lipinski definition) is 3. The molecule has 180 valence electrons. The number of nitrogens with zero attached hydrogens (tertiary/aromatic N) is 6. The summed E-state index contributed by atoms with van der Waals surface area (Å²) in [5.74, 6) is 0.629. The maximum Gasteiger partial charge on any atom is 0.271 e. The minimum atomic E-state index is -0.670. The van der Waals surface area contributed by atoms with Crippen LogP contribution in [0.15, 0.2) is 43.0 Å². The molecule has 1 aromatic carbocycles. The van der Waals surface area contributed by atoms with Crippen molar-refractivity contribution in [3.8, 4) is 11.3 Å². The van der Waals surface area contributed by atoms with Crippen LogP contribution in [0, 0.1) is 0 Å². The van der Waals surface area contributed by atoms with Gasteiger partial charge in [-0.2, -0.15) is 0 Å². The van der Waals surface area contributed by atoms with E-state index in [0.717, 1.165) is 42.7 Å². The van der Waals surface area contributed by atoms with Gasteiger partial charge in [0.15, 0.2) is 17.3 Å². The van der Waals surface area contributed by atoms with Crippen molar-refractivity contribution in [1.29, 1.82) is 0 Å². The number of aromatic nitrogens is 5. The average Bonchev–Trinajstić information content (AvgIpc) is 3.25. The molecular formula is C25H29N9O. The van der Waals surface area contributed by atoms with Gasteiger partial charge in [0.05, 0.1) is 23.6 Å². The van der Waals surface area contributed by atoms with Crippen LogP contribution in [0.4, 0.5) is 17.3 Å². The zero-order valence-corrected chi connectivity index (χ0v) is 20.1. The second-order valence-electron chi connectivity index (χ2n) is 8.97. The van der Waals surface area contributed by atoms with Gasteiger partial charge >= 0.3 is 0 Å². The molecular weight excluding hydrogens is 442 g/mol. The van der Waals surface area contributed by atoms with Gasteiger partial charge in [-0.25, -0.2) is 15.0 Å². The minimum Gasteiger partial charge on any atom is -0.371 e. The molecule has 3 aromatic heterocycles. The fraction of sp³-hybridized carbons (Fsp3) is 0.320. The van der Waals surface area contributed by atoms with Crippen molar-refractivity contribution in [1.82, 2.24) is 29.4 Å². The van der Waals surface area contributed by atoms with Crippen LogP contribution in [0.2, 0.25) is 0 Å². The number of hydrogen-bond acceptors (Lipinski definition) is 8. The van der Waals surface area contributed by atoms with Gasteiger partial charge in [-0.1, -0.05) is 12.1 Å². The lowest BCUT2D eigenvalue weighted by atomic mass is 9.89. The fourth-order valence-corrected chi connectivity index (χ4v) is 4.62. The van der Waals surface area contributed by atoms with E-state index in [1.807, 2.05) is 23.7 Å². The molecule has 1 amide bonds. The molecule has 1 aliphatic rings. The molecule has 0 radical (unpaired) electrons. The number of piperidine rings is 1. The van der Waals surface area contributed by atoms with Crippen molar-refractivity contribution in [2.45, 2.75) is 18.8 Å². The Bertz CT molecular complexity index is 1390. The maximum atomic E-state index is 12.4. The highest BCUT2D eigenvalue weighted by Crippen LogP contribution is 2.33. The van der Waals surface area contributed by atoms with E-state index >= 15 is 0 Å². The maximum absolute atomic E-state index is 12.4. The topological polar surface area (TPSA) is 127 Å². The Kier molecular flexibility index (Phi) is 6.04. The number of nitrogens with two attached hydrogens (primary N) is 1. The first kappa shape index (κ1) is 22.7. The second-order valence-corrected chi connectivity index (χ2v) is 8.97. The SMILES string of the molecule is CNc1nc(Nc2cccc(C3CCN(C)CC3)c2)c(C(N)=O)nc1-c1cncc2c1ncn2C. The molecule has 0 atom stereocenters. The number of anilines is 3. The number of rotatable bonds is 6. The molecule has 4 N–H and O–H groups in total. The third-order valence-electron chi connectivity index (χ3n) is 6.60. The van der Waals surface area contributed by atoms with E-state index in [2.05, 4.69) is 49.7 Å². The summed E-state index contributed by atoms with van der Waals surface area (Å²) < 4.78 is 1.88. The van der Waals surface area contributed by atoms with E-state index in [1.165, 1.54) is 5.56 Å². The Morgan fingerprint density at radius 3 is 2.66 bits per heavy atom. The van der Waals surface area contributed by atoms with Crippen LogP contribution in [0.5, 0.6) is 0 Å². The van der Waals surface area contributed by atoms with Crippen LogP contribution in [-0.2, 0) is 7.05 Å². The molecule has 0 aliphatic carbocycles. The molecule has 5 rings (SSSR count). The molecule has 1 aliphatic heterocycles. The van der Waals surface area contributed by atoms with E-state index in [-0.39, 0.29) is 5.69 Å². The minimum absolute atomic E-state index is 0.0524. The first-order chi connectivity index (χ1) is 16.9. The van der Waals surface area contributed by atoms with E-state index in [4.69, 9.17) is 10.7 Å². The molecule has 1 fully saturated rings. The smallest absolute Gasteiger partial charge is 0.271 e. The van der Waals surface area contributed by atoms with E-state index < -0.39 is 5.91 Å². The number of amides is 1. The monoisotopic (exact) mass is 471 g/mol. The lowest BCUT2D eigenvalue weighted by Crippen LogP contribution is -2.29. The zero-order valence-electron chi connectivity index (χ0n) is 20.1. The molecule has 10 heteroatoms. The molecule has 0 bridgehead atoms. The number of fused-ring (bicyclic) bond motifs is 1. The van der Waals surface area contributed by atoms with Crippen LogP contribution >= 0.6 is 0 Å². The highest BCUT2D eigenvalue weighted by molar-refractivity contribution is 5.99. The zero-order chi connectivity index (χ0) is 24.5. The summed E-state index contributed by atoms with van der Waals surface area (Å²) in [6.45, 7) is 2.18. The van der Waals surface area contributed by atoms with Crippen molar-refractivity contribution >= 4 is 34.3 Å². The number of imidazole rings is 1. The molecule has 1 saturated heterocycles. The third-order valence-corrected chi connectivity index (χ3v) is 6.60. The quantitative estimate of drug-likeness (QED) is 0.391. The normalized spacial score (nSPS) is 14.8. The predicted molar refractivity (Wildman–Crippen MR) is 137 cm³/mol. The van der Waals surface area contributed by atoms with Crippen LogP contribution in [-0.4, -0.2) is 62.5 Å². The first-order valence-electron chi connectivity index (χ1n) is 11.6. The van der Waals surface area contributed by atoms with Crippen LogP contribution in [0.25, 0.3) is 22.3 Å². The fourth-order valence-electron chi connectivity index (χ4n) is 4.62. The molecule has 0 spiro atoms. The van der Waals surface area contributed by atoms with Gasteiger partial charge < -0.3 is 25.8 Å². The third kappa shape index (κ3) is 4.40. The highest BCUT2D eigenvalue weighted by atomic mass is 16.1. The van der Waals surface area contributed by atoms with E-state index in [1.54, 1.807) is 25.8 Å². The number of pyridine rings is 1. The molecule has 35 heavy (non-hydrogen) atoms. The van der Waals surface area contributed by atoms with Crippen molar-refractivity contribution in [2.24, 2.45) is 12.8 Å². The lowest BCUT2D eigenvalue weighted by molar-refractivity contribution is 0.0996. The Hall–Kier alpha value is -4.05. The van der Waals surface area contributed by atoms with Gasteiger partial charge in [0.1, 0.15) is 11.2 Å². The highest BCUT2D eigenvalue weighted by Gasteiger charge is 2.22. The summed E-state index contributed by atoms with van der Waals surface area (Å²) in [6.07, 6.45) is 7.37. The Balaban J connectivity index is 1.53. The number of aryl methyl sites for hydroxylation is 1. The summed E-state index contributed by atoms with van der Waals surface area (Å²) >= 11 is 0. The van der Waals surface area contributed by atoms with E-state index in [9.17, 15) is 4.79 Å². The predicted octanol–water partition coefficient (Wildman–Crippen LogP) is 3.12. The van der Waals surface area contributed by atoms with Crippen molar-refractivity contribution in [2.75, 3.05) is 37.8 Å². The summed E-state index contributed by atoms with van der Waals surface area (Å²) in [4.78, 5) is 32.9. The largest absolute Gasteiger partial charge is 0.371 e. The van der Waals surface area contributed by atoms with Crippen LogP contribution in [0.3, 0.4) is 0 Å². The summed E-state index contributed by atoms with van der Waals surface area (Å²) in [5, 5.41) is 6.37. The Labute approximate surface area is 203 Å². The second kappa shape index (κ2) is 9.30. The number of nitrogens with one attached hydrogen (secondary N) is 2. The van der Waals surface area contributed by atoms with Gasteiger partial charge in [0.25, 0.3) is 5.91 Å². The van der Waals surface area contributed by atoms with Crippen LogP contribution < -0.4 is 16.4 Å². The number of primary amides is 1. The Morgan fingerprint density at radius 1 is 1.11 bits per heavy atom. The van der Waals surface area contributed by atoms with Gasteiger partial charge in [-0.3, -0.25) is 9.78 Å². The van der Waals surface area contributed by atoms with Crippen molar-refractivity contribution in [3.63, 3.8) is 0 Å². The summed E-state index contributed by atoms with van der Waals surface area (Å²) in [7, 11) is 5.81. The number of likely N-dealkylation sites (tertiary alicyclic amines) is 1. The average molecular weight is 472 g/mol. The van der Waals surface area contributed by atoms with Crippen LogP contribution in [0.1, 0.15) is 34.8 Å². The van der Waals surface area contributed by atoms with Gasteiger partial charge in [0.2, 0.25) is 0 Å². The summed E-state index contributed by atoms with van der Waals surface area (Å²) in [6, 6.07) is 8.25. The van der Waals surface area contributed by atoms with Gasteiger partial charge in [0, 0.05) is 26.0 Å². The first-order valence-corrected chi connectivity index (χ1v) is 11.6. The number of carbonyl (C=O) groups is 1. The molecule has 4 aromatic rings. The standard InChI is InChI=1S/C25H29N9O/c1-27-24-21(18-12-28-13-19-20(18)29-14-34(19)3)31-22(23(26)35)25(32-24)30-17-6-4-5-16(11-17)15-7-9-33(2)10-8-15/h4-6,11-15H,7-10H2,1-3H3,(H2,26,35)(H2,27,30,32). The molecule has 0 unspecified atom stereocenters. The molecule has 4 heterocycles. The van der Waals surface area contributed by atoms with Gasteiger partial charge in [-0.05, 0) is 56.6 Å². The number of carbonyl (C=O) groups excluding carboxylic acids is 1. The van der Waals surface area contributed by atoms with Gasteiger partial charge in [-0.15, -0.1) is 0 Å². The number of benzene rings is 1. The lowest BCUT2D eigenvalue weighted by Gasteiger charge is -2.29. The summed E-state index contributed by atoms with van der Waals surface area (Å²) in [5.41, 5.74) is 10.6. The van der Waals surface area contributed by atoms with Crippen molar-refractivity contribution < 1.29 is 4.79 Å².